The fourth-order valence-electron chi connectivity index (χ4n) is 4.07. The summed E-state index contributed by atoms with van der Waals surface area (Å²) in [5.74, 6) is 0.328. The number of aromatic nitrogens is 3. The van der Waals surface area contributed by atoms with Crippen LogP contribution in [0.5, 0.6) is 5.88 Å². The molecule has 0 bridgehead atoms. The quantitative estimate of drug-likeness (QED) is 0.457. The van der Waals surface area contributed by atoms with Gasteiger partial charge in [0.2, 0.25) is 0 Å². The normalized spacial score (nSPS) is 20.1. The molecule has 1 atom stereocenters. The SMILES string of the molecule is CC(=O)C[C@@H](C)CCC1CCC(Oc2ncc(-c3ncc(C(F)(F)F)cn3)cc2F)CC1. The number of nitrogens with zero attached hydrogens (tertiary/aromatic N) is 3. The lowest BCUT2D eigenvalue weighted by Crippen LogP contribution is -2.25. The number of pyridine rings is 1. The average molecular weight is 453 g/mol. The van der Waals surface area contributed by atoms with Crippen LogP contribution in [0, 0.1) is 17.7 Å². The number of carbonyl (C=O) groups is 1. The molecule has 174 valence electrons. The second kappa shape index (κ2) is 10.4. The van der Waals surface area contributed by atoms with Crippen molar-refractivity contribution in [3.05, 3.63) is 36.0 Å². The van der Waals surface area contributed by atoms with Gasteiger partial charge in [-0.1, -0.05) is 19.8 Å². The van der Waals surface area contributed by atoms with Gasteiger partial charge in [-0.05, 0) is 50.5 Å². The summed E-state index contributed by atoms with van der Waals surface area (Å²) in [6.07, 6.45) is 4.24. The number of ether oxygens (including phenoxy) is 1. The monoisotopic (exact) mass is 453 g/mol. The van der Waals surface area contributed by atoms with Gasteiger partial charge in [-0.2, -0.15) is 13.2 Å². The van der Waals surface area contributed by atoms with Crippen LogP contribution >= 0.6 is 0 Å². The van der Waals surface area contributed by atoms with Crippen molar-refractivity contribution in [3.63, 3.8) is 0 Å². The second-order valence-electron chi connectivity index (χ2n) is 8.65. The predicted octanol–water partition coefficient (Wildman–Crippen LogP) is 6.03. The van der Waals surface area contributed by atoms with E-state index in [1.807, 2.05) is 0 Å². The highest BCUT2D eigenvalue weighted by Gasteiger charge is 2.31. The van der Waals surface area contributed by atoms with Gasteiger partial charge < -0.3 is 9.53 Å². The highest BCUT2D eigenvalue weighted by molar-refractivity contribution is 5.75. The molecule has 2 heterocycles. The zero-order chi connectivity index (χ0) is 23.3. The maximum Gasteiger partial charge on any atom is 0.419 e. The van der Waals surface area contributed by atoms with Gasteiger partial charge >= 0.3 is 6.18 Å². The van der Waals surface area contributed by atoms with Gasteiger partial charge in [0.05, 0.1) is 5.56 Å². The van der Waals surface area contributed by atoms with Crippen LogP contribution in [0.25, 0.3) is 11.4 Å². The molecule has 0 amide bonds. The fourth-order valence-corrected chi connectivity index (χ4v) is 4.07. The second-order valence-corrected chi connectivity index (χ2v) is 8.65. The first kappa shape index (κ1) is 24.1. The van der Waals surface area contributed by atoms with Gasteiger partial charge in [-0.15, -0.1) is 0 Å². The predicted molar refractivity (Wildman–Crippen MR) is 110 cm³/mol. The summed E-state index contributed by atoms with van der Waals surface area (Å²) in [5, 5.41) is 0. The molecule has 2 aromatic heterocycles. The van der Waals surface area contributed by atoms with E-state index in [1.165, 1.54) is 6.20 Å². The molecule has 1 saturated carbocycles. The lowest BCUT2D eigenvalue weighted by atomic mass is 9.82. The number of halogens is 4. The molecular formula is C23H27F4N3O2. The van der Waals surface area contributed by atoms with Crippen molar-refractivity contribution >= 4 is 5.78 Å². The molecule has 0 saturated heterocycles. The van der Waals surface area contributed by atoms with Crippen LogP contribution in [-0.4, -0.2) is 26.8 Å². The van der Waals surface area contributed by atoms with E-state index < -0.39 is 17.6 Å². The van der Waals surface area contributed by atoms with Crippen molar-refractivity contribution in [2.45, 2.75) is 71.1 Å². The summed E-state index contributed by atoms with van der Waals surface area (Å²) >= 11 is 0. The largest absolute Gasteiger partial charge is 0.472 e. The van der Waals surface area contributed by atoms with Gasteiger partial charge in [0.25, 0.3) is 5.88 Å². The van der Waals surface area contributed by atoms with Crippen LogP contribution in [0.3, 0.4) is 0 Å². The van der Waals surface area contributed by atoms with Crippen molar-refractivity contribution in [1.29, 1.82) is 0 Å². The Morgan fingerprint density at radius 3 is 2.34 bits per heavy atom. The number of carbonyl (C=O) groups excluding carboxylic acids is 1. The summed E-state index contributed by atoms with van der Waals surface area (Å²) in [5.41, 5.74) is -0.800. The van der Waals surface area contributed by atoms with E-state index in [1.54, 1.807) is 6.92 Å². The van der Waals surface area contributed by atoms with E-state index in [-0.39, 0.29) is 29.2 Å². The molecule has 0 aliphatic heterocycles. The number of rotatable bonds is 8. The minimum absolute atomic E-state index is 0.0459. The van der Waals surface area contributed by atoms with Gasteiger partial charge in [0.15, 0.2) is 11.6 Å². The number of ketones is 1. The summed E-state index contributed by atoms with van der Waals surface area (Å²) in [6, 6.07) is 1.12. The maximum absolute atomic E-state index is 14.5. The smallest absolute Gasteiger partial charge is 0.419 e. The van der Waals surface area contributed by atoms with Crippen molar-refractivity contribution in [3.8, 4) is 17.3 Å². The average Bonchev–Trinajstić information content (AvgIpc) is 2.73. The van der Waals surface area contributed by atoms with Gasteiger partial charge in [-0.25, -0.2) is 19.3 Å². The van der Waals surface area contributed by atoms with Crippen LogP contribution in [0.15, 0.2) is 24.7 Å². The third-order valence-electron chi connectivity index (χ3n) is 5.82. The Hall–Kier alpha value is -2.58. The Balaban J connectivity index is 1.52. The highest BCUT2D eigenvalue weighted by atomic mass is 19.4. The Labute approximate surface area is 184 Å². The summed E-state index contributed by atoms with van der Waals surface area (Å²) < 4.78 is 58.1. The first-order valence-corrected chi connectivity index (χ1v) is 10.8. The molecular weight excluding hydrogens is 426 g/mol. The van der Waals surface area contributed by atoms with Crippen LogP contribution in [0.4, 0.5) is 17.6 Å². The summed E-state index contributed by atoms with van der Waals surface area (Å²) in [4.78, 5) is 22.5. The Kier molecular flexibility index (Phi) is 7.79. The fraction of sp³-hybridized carbons (Fsp3) is 0.565. The molecule has 0 unspecified atom stereocenters. The first-order chi connectivity index (χ1) is 15.1. The molecule has 1 aliphatic carbocycles. The van der Waals surface area contributed by atoms with E-state index in [0.29, 0.717) is 30.7 Å². The van der Waals surface area contributed by atoms with Gasteiger partial charge in [-0.3, -0.25) is 0 Å². The highest BCUT2D eigenvalue weighted by Crippen LogP contribution is 2.33. The van der Waals surface area contributed by atoms with E-state index in [2.05, 4.69) is 21.9 Å². The summed E-state index contributed by atoms with van der Waals surface area (Å²) in [6.45, 7) is 3.72. The molecule has 3 rings (SSSR count). The number of hydrogen-bond donors (Lipinski definition) is 0. The molecule has 5 nitrogen and oxygen atoms in total. The molecule has 1 fully saturated rings. The zero-order valence-electron chi connectivity index (χ0n) is 18.2. The van der Waals surface area contributed by atoms with E-state index >= 15 is 0 Å². The van der Waals surface area contributed by atoms with E-state index in [9.17, 15) is 22.4 Å². The van der Waals surface area contributed by atoms with Crippen LogP contribution in [-0.2, 0) is 11.0 Å². The standard InChI is InChI=1S/C23H27F4N3O2/c1-14(9-15(2)31)3-4-16-5-7-19(8-6-16)32-22-20(24)10-17(11-30-22)21-28-12-18(13-29-21)23(25,26)27/h10-14,16,19H,3-9H2,1-2H3/t14-,16?,19?/m0/s1. The van der Waals surface area contributed by atoms with E-state index in [4.69, 9.17) is 4.74 Å². The maximum atomic E-state index is 14.5. The Morgan fingerprint density at radius 1 is 1.12 bits per heavy atom. The topological polar surface area (TPSA) is 65.0 Å². The van der Waals surface area contributed by atoms with Crippen LogP contribution in [0.2, 0.25) is 0 Å². The molecule has 2 aromatic rings. The lowest BCUT2D eigenvalue weighted by Gasteiger charge is -2.29. The summed E-state index contributed by atoms with van der Waals surface area (Å²) in [7, 11) is 0. The Bertz CT molecular complexity index is 910. The third kappa shape index (κ3) is 6.71. The van der Waals surface area contributed by atoms with Crippen molar-refractivity contribution in [2.24, 2.45) is 11.8 Å². The van der Waals surface area contributed by atoms with Crippen molar-refractivity contribution in [1.82, 2.24) is 15.0 Å². The molecule has 0 radical (unpaired) electrons. The number of hydrogen-bond acceptors (Lipinski definition) is 5. The number of alkyl halides is 3. The Morgan fingerprint density at radius 2 is 1.78 bits per heavy atom. The van der Waals surface area contributed by atoms with Gasteiger partial charge in [0.1, 0.15) is 11.9 Å². The molecule has 9 heteroatoms. The molecule has 0 spiro atoms. The lowest BCUT2D eigenvalue weighted by molar-refractivity contribution is -0.138. The number of Topliss-reactive ketones (excluding diaryl/α,β-unsaturated/α-hetero) is 1. The van der Waals surface area contributed by atoms with Crippen LogP contribution in [0.1, 0.15) is 64.4 Å². The molecule has 0 N–H and O–H groups in total. The molecule has 0 aromatic carbocycles. The first-order valence-electron chi connectivity index (χ1n) is 10.8. The minimum Gasteiger partial charge on any atom is -0.472 e. The molecule has 1 aliphatic rings. The van der Waals surface area contributed by atoms with E-state index in [0.717, 1.165) is 44.6 Å². The zero-order valence-corrected chi connectivity index (χ0v) is 18.2. The van der Waals surface area contributed by atoms with Crippen molar-refractivity contribution < 1.29 is 27.1 Å². The molecule has 32 heavy (non-hydrogen) atoms. The van der Waals surface area contributed by atoms with Gasteiger partial charge in [0, 0.05) is 30.6 Å². The minimum atomic E-state index is -4.54. The van der Waals surface area contributed by atoms with Crippen molar-refractivity contribution in [2.75, 3.05) is 0 Å². The van der Waals surface area contributed by atoms with Crippen LogP contribution < -0.4 is 4.74 Å². The third-order valence-corrected chi connectivity index (χ3v) is 5.82.